The second kappa shape index (κ2) is 5.57. The van der Waals surface area contributed by atoms with E-state index in [1.807, 2.05) is 12.1 Å². The van der Waals surface area contributed by atoms with Crippen molar-refractivity contribution < 1.29 is 4.74 Å². The van der Waals surface area contributed by atoms with Gasteiger partial charge in [-0.05, 0) is 30.3 Å². The largest absolute Gasteiger partial charge is 0.435 e. The van der Waals surface area contributed by atoms with E-state index in [0.717, 1.165) is 5.39 Å². The van der Waals surface area contributed by atoms with Gasteiger partial charge < -0.3 is 4.74 Å². The number of fused-ring (bicyclic) bond motifs is 1. The second-order valence-electron chi connectivity index (χ2n) is 4.14. The van der Waals surface area contributed by atoms with Gasteiger partial charge in [0.2, 0.25) is 5.88 Å². The summed E-state index contributed by atoms with van der Waals surface area (Å²) in [7, 11) is 0. The predicted molar refractivity (Wildman–Crippen MR) is 80.8 cm³/mol. The van der Waals surface area contributed by atoms with E-state index in [1.54, 1.807) is 24.4 Å². The average molecular weight is 316 g/mol. The Morgan fingerprint density at radius 2 is 1.90 bits per heavy atom. The third-order valence-corrected chi connectivity index (χ3v) is 3.56. The lowest BCUT2D eigenvalue weighted by Gasteiger charge is -2.09. The number of aromatic nitrogens is 2. The zero-order valence-corrected chi connectivity index (χ0v) is 12.1. The quantitative estimate of drug-likeness (QED) is 0.693. The summed E-state index contributed by atoms with van der Waals surface area (Å²) in [5.41, 5.74) is 0.901. The molecule has 102 valence electrons. The number of benzene rings is 1. The number of hydrogen-bond donors (Lipinski definition) is 0. The smallest absolute Gasteiger partial charge is 0.239 e. The van der Waals surface area contributed by atoms with E-state index in [2.05, 4.69) is 9.97 Å². The van der Waals surface area contributed by atoms with Gasteiger partial charge in [0.05, 0.1) is 10.6 Å². The Hall–Kier alpha value is -2.35. The first-order valence-corrected chi connectivity index (χ1v) is 6.72. The van der Waals surface area contributed by atoms with Crippen LogP contribution in [0.1, 0.15) is 5.56 Å². The zero-order chi connectivity index (χ0) is 14.8. The third kappa shape index (κ3) is 2.49. The van der Waals surface area contributed by atoms with Crippen LogP contribution in [0.2, 0.25) is 10.0 Å². The minimum atomic E-state index is 0.157. The van der Waals surface area contributed by atoms with Crippen molar-refractivity contribution in [2.45, 2.75) is 0 Å². The number of halogens is 2. The molecule has 4 nitrogen and oxygen atoms in total. The Kier molecular flexibility index (Phi) is 3.61. The molecule has 0 atom stereocenters. The molecule has 0 spiro atoms. The Bertz CT molecular complexity index is 874. The molecular weight excluding hydrogens is 309 g/mol. The Morgan fingerprint density at radius 1 is 1.05 bits per heavy atom. The Balaban J connectivity index is 2.12. The molecule has 0 unspecified atom stereocenters. The van der Waals surface area contributed by atoms with Gasteiger partial charge in [-0.3, -0.25) is 4.98 Å². The van der Waals surface area contributed by atoms with Crippen LogP contribution in [0, 0.1) is 11.3 Å². The summed E-state index contributed by atoms with van der Waals surface area (Å²) in [4.78, 5) is 8.31. The normalized spacial score (nSPS) is 10.3. The molecule has 6 heteroatoms. The molecule has 0 aliphatic carbocycles. The van der Waals surface area contributed by atoms with Crippen molar-refractivity contribution in [3.05, 3.63) is 58.3 Å². The maximum Gasteiger partial charge on any atom is 0.239 e. The first-order valence-electron chi connectivity index (χ1n) is 5.96. The van der Waals surface area contributed by atoms with Crippen molar-refractivity contribution in [1.82, 2.24) is 9.97 Å². The molecule has 0 fully saturated rings. The third-order valence-electron chi connectivity index (χ3n) is 2.86. The molecule has 0 N–H and O–H groups in total. The molecule has 3 aromatic rings. The minimum absolute atomic E-state index is 0.157. The van der Waals surface area contributed by atoms with Gasteiger partial charge in [-0.15, -0.1) is 0 Å². The maximum atomic E-state index is 8.97. The van der Waals surface area contributed by atoms with Gasteiger partial charge in [-0.2, -0.15) is 5.26 Å². The van der Waals surface area contributed by atoms with Gasteiger partial charge in [0, 0.05) is 17.8 Å². The first-order chi connectivity index (χ1) is 10.2. The average Bonchev–Trinajstić information content (AvgIpc) is 2.52. The summed E-state index contributed by atoms with van der Waals surface area (Å²) in [5, 5.41) is 10.5. The van der Waals surface area contributed by atoms with Crippen LogP contribution >= 0.6 is 23.2 Å². The van der Waals surface area contributed by atoms with E-state index in [9.17, 15) is 0 Å². The summed E-state index contributed by atoms with van der Waals surface area (Å²) in [6, 6.07) is 10.5. The standard InChI is InChI=1S/C15H7Cl2N3O/c16-11-3-4-12(14-10(11)2-1-6-19-14)21-15-13(17)9(8-18)5-7-20-15/h1-7H. The molecule has 0 saturated heterocycles. The molecule has 2 heterocycles. The Morgan fingerprint density at radius 3 is 2.71 bits per heavy atom. The highest BCUT2D eigenvalue weighted by Crippen LogP contribution is 2.35. The van der Waals surface area contributed by atoms with Gasteiger partial charge in [0.25, 0.3) is 0 Å². The number of rotatable bonds is 2. The van der Waals surface area contributed by atoms with Crippen molar-refractivity contribution in [2.75, 3.05) is 0 Å². The Labute approximate surface area is 130 Å². The van der Waals surface area contributed by atoms with Gasteiger partial charge in [0.1, 0.15) is 16.6 Å². The summed E-state index contributed by atoms with van der Waals surface area (Å²) < 4.78 is 5.70. The summed E-state index contributed by atoms with van der Waals surface area (Å²) in [6.45, 7) is 0. The zero-order valence-electron chi connectivity index (χ0n) is 10.5. The lowest BCUT2D eigenvalue weighted by Crippen LogP contribution is -1.93. The van der Waals surface area contributed by atoms with Crippen molar-refractivity contribution in [3.63, 3.8) is 0 Å². The SMILES string of the molecule is N#Cc1ccnc(Oc2ccc(Cl)c3cccnc23)c1Cl. The van der Waals surface area contributed by atoms with E-state index < -0.39 is 0 Å². The van der Waals surface area contributed by atoms with Crippen LogP contribution in [0.15, 0.2) is 42.7 Å². The summed E-state index contributed by atoms with van der Waals surface area (Å²) in [5.74, 6) is 0.629. The van der Waals surface area contributed by atoms with Crippen LogP contribution in [0.5, 0.6) is 11.6 Å². The highest BCUT2D eigenvalue weighted by Gasteiger charge is 2.13. The molecule has 0 bridgehead atoms. The molecule has 2 aromatic heterocycles. The van der Waals surface area contributed by atoms with Crippen LogP contribution in [-0.2, 0) is 0 Å². The number of nitrogens with zero attached hydrogens (tertiary/aromatic N) is 3. The fourth-order valence-corrected chi connectivity index (χ4v) is 2.29. The van der Waals surface area contributed by atoms with E-state index in [1.165, 1.54) is 12.3 Å². The van der Waals surface area contributed by atoms with Crippen LogP contribution in [0.25, 0.3) is 10.9 Å². The van der Waals surface area contributed by atoms with E-state index >= 15 is 0 Å². The van der Waals surface area contributed by atoms with Crippen molar-refractivity contribution in [3.8, 4) is 17.7 Å². The maximum absolute atomic E-state index is 8.97. The molecular formula is C15H7Cl2N3O. The molecule has 0 amide bonds. The summed E-state index contributed by atoms with van der Waals surface area (Å²) in [6.07, 6.45) is 3.11. The van der Waals surface area contributed by atoms with E-state index in [-0.39, 0.29) is 10.9 Å². The number of hydrogen-bond acceptors (Lipinski definition) is 4. The molecule has 0 aliphatic rings. The van der Waals surface area contributed by atoms with E-state index in [4.69, 9.17) is 33.2 Å². The van der Waals surface area contributed by atoms with Crippen LogP contribution in [0.3, 0.4) is 0 Å². The molecule has 1 aromatic carbocycles. The summed E-state index contributed by atoms with van der Waals surface area (Å²) >= 11 is 12.2. The molecule has 0 saturated carbocycles. The van der Waals surface area contributed by atoms with Crippen molar-refractivity contribution in [1.29, 1.82) is 5.26 Å². The lowest BCUT2D eigenvalue weighted by molar-refractivity contribution is 0.467. The van der Waals surface area contributed by atoms with Gasteiger partial charge in [0.15, 0.2) is 5.75 Å². The number of ether oxygens (including phenoxy) is 1. The van der Waals surface area contributed by atoms with Crippen molar-refractivity contribution >= 4 is 34.1 Å². The molecule has 0 aliphatic heterocycles. The fraction of sp³-hybridized carbons (Fsp3) is 0. The molecule has 0 radical (unpaired) electrons. The highest BCUT2D eigenvalue weighted by atomic mass is 35.5. The number of pyridine rings is 2. The van der Waals surface area contributed by atoms with Crippen LogP contribution < -0.4 is 4.74 Å². The van der Waals surface area contributed by atoms with Crippen molar-refractivity contribution in [2.24, 2.45) is 0 Å². The highest BCUT2D eigenvalue weighted by molar-refractivity contribution is 6.35. The van der Waals surface area contributed by atoms with E-state index in [0.29, 0.717) is 21.9 Å². The lowest BCUT2D eigenvalue weighted by atomic mass is 10.2. The monoisotopic (exact) mass is 315 g/mol. The van der Waals surface area contributed by atoms with Gasteiger partial charge >= 0.3 is 0 Å². The van der Waals surface area contributed by atoms with Crippen LogP contribution in [-0.4, -0.2) is 9.97 Å². The molecule has 21 heavy (non-hydrogen) atoms. The topological polar surface area (TPSA) is 58.8 Å². The molecule has 3 rings (SSSR count). The fourth-order valence-electron chi connectivity index (χ4n) is 1.88. The minimum Gasteiger partial charge on any atom is -0.435 e. The first kappa shape index (κ1) is 13.6. The number of nitriles is 1. The predicted octanol–water partition coefficient (Wildman–Crippen LogP) is 4.60. The van der Waals surface area contributed by atoms with Crippen LogP contribution in [0.4, 0.5) is 0 Å². The van der Waals surface area contributed by atoms with Gasteiger partial charge in [-0.25, -0.2) is 4.98 Å². The van der Waals surface area contributed by atoms with Gasteiger partial charge in [-0.1, -0.05) is 23.2 Å². The second-order valence-corrected chi connectivity index (χ2v) is 4.92.